The summed E-state index contributed by atoms with van der Waals surface area (Å²) in [6, 6.07) is 8.07. The molecule has 3 nitrogen and oxygen atoms in total. The van der Waals surface area contributed by atoms with Gasteiger partial charge in [-0.15, -0.1) is 13.2 Å². The lowest BCUT2D eigenvalue weighted by molar-refractivity contribution is -0.123. The summed E-state index contributed by atoms with van der Waals surface area (Å²) in [5.41, 5.74) is 2.14. The number of hydrogen-bond donors (Lipinski definition) is 0. The van der Waals surface area contributed by atoms with E-state index in [4.69, 9.17) is 9.47 Å². The van der Waals surface area contributed by atoms with Crippen molar-refractivity contribution in [3.05, 3.63) is 48.6 Å². The molecular formula is C24H40O3. The van der Waals surface area contributed by atoms with Gasteiger partial charge in [-0.25, -0.2) is 0 Å². The van der Waals surface area contributed by atoms with Crippen molar-refractivity contribution in [2.45, 2.75) is 72.5 Å². The highest BCUT2D eigenvalue weighted by molar-refractivity contribution is 5.74. The fourth-order valence-corrected chi connectivity index (χ4v) is 3.49. The van der Waals surface area contributed by atoms with Gasteiger partial charge < -0.3 is 9.47 Å². The van der Waals surface area contributed by atoms with Gasteiger partial charge in [0.2, 0.25) is 0 Å². The van der Waals surface area contributed by atoms with Crippen molar-refractivity contribution in [2.75, 3.05) is 13.2 Å². The molecule has 0 amide bonds. The summed E-state index contributed by atoms with van der Waals surface area (Å²) < 4.78 is 10.1. The van der Waals surface area contributed by atoms with Gasteiger partial charge in [0.05, 0.1) is 0 Å². The Kier molecular flexibility index (Phi) is 15.8. The Balaban J connectivity index is 0.000000574. The summed E-state index contributed by atoms with van der Waals surface area (Å²) in [5.74, 6) is 1.80. The standard InChI is InChI=1S/C16H22O.C6H14O2.C2H4/c1-2-13-6-8-14(9-7-13)10-15-4-3-5-16(11-15)12-17;1-4-7-6(3)8-5-2;1-2/h3-5,11-14H,2,6-10H2,1H3;6H,4-5H2,1-3H3;1-2H2. The van der Waals surface area contributed by atoms with Crippen molar-refractivity contribution in [1.82, 2.24) is 0 Å². The molecule has 0 spiro atoms. The van der Waals surface area contributed by atoms with Crippen molar-refractivity contribution < 1.29 is 14.3 Å². The van der Waals surface area contributed by atoms with Crippen molar-refractivity contribution in [3.63, 3.8) is 0 Å². The maximum atomic E-state index is 10.7. The van der Waals surface area contributed by atoms with E-state index in [9.17, 15) is 4.79 Å². The zero-order valence-corrected chi connectivity index (χ0v) is 17.9. The molecule has 1 aliphatic rings. The molecular weight excluding hydrogens is 336 g/mol. The number of hydrogen-bond acceptors (Lipinski definition) is 3. The number of carbonyl (C=O) groups is 1. The van der Waals surface area contributed by atoms with Crippen LogP contribution < -0.4 is 0 Å². The topological polar surface area (TPSA) is 35.5 Å². The predicted molar refractivity (Wildman–Crippen MR) is 115 cm³/mol. The molecule has 0 bridgehead atoms. The molecule has 3 heteroatoms. The van der Waals surface area contributed by atoms with Crippen LogP contribution in [0.5, 0.6) is 0 Å². The molecule has 0 aromatic heterocycles. The third-order valence-electron chi connectivity index (χ3n) is 4.96. The molecule has 1 aromatic rings. The van der Waals surface area contributed by atoms with E-state index in [0.29, 0.717) is 0 Å². The third-order valence-corrected chi connectivity index (χ3v) is 4.96. The number of aldehydes is 1. The van der Waals surface area contributed by atoms with Gasteiger partial charge in [0.1, 0.15) is 6.29 Å². The minimum Gasteiger partial charge on any atom is -0.353 e. The summed E-state index contributed by atoms with van der Waals surface area (Å²) in [6.07, 6.45) is 8.92. The zero-order valence-electron chi connectivity index (χ0n) is 17.9. The Hall–Kier alpha value is -1.45. The van der Waals surface area contributed by atoms with E-state index in [2.05, 4.69) is 26.1 Å². The van der Waals surface area contributed by atoms with Crippen LogP contribution in [0.2, 0.25) is 0 Å². The monoisotopic (exact) mass is 376 g/mol. The number of rotatable bonds is 8. The molecule has 1 saturated carbocycles. The maximum absolute atomic E-state index is 10.7. The molecule has 2 rings (SSSR count). The molecule has 27 heavy (non-hydrogen) atoms. The van der Waals surface area contributed by atoms with Gasteiger partial charge in [-0.1, -0.05) is 44.4 Å². The molecule has 154 valence electrons. The Morgan fingerprint density at radius 3 is 2.07 bits per heavy atom. The number of benzene rings is 1. The Morgan fingerprint density at radius 1 is 1.04 bits per heavy atom. The molecule has 0 N–H and O–H groups in total. The quantitative estimate of drug-likeness (QED) is 0.296. The zero-order chi connectivity index (χ0) is 20.5. The van der Waals surface area contributed by atoms with E-state index in [-0.39, 0.29) is 6.29 Å². The van der Waals surface area contributed by atoms with E-state index in [1.807, 2.05) is 39.0 Å². The maximum Gasteiger partial charge on any atom is 0.154 e. The van der Waals surface area contributed by atoms with Gasteiger partial charge in [0.15, 0.2) is 6.29 Å². The van der Waals surface area contributed by atoms with Crippen LogP contribution in [0.15, 0.2) is 37.4 Å². The summed E-state index contributed by atoms with van der Waals surface area (Å²) in [6.45, 7) is 15.6. The minimum absolute atomic E-state index is 0.0370. The highest BCUT2D eigenvalue weighted by Crippen LogP contribution is 2.32. The van der Waals surface area contributed by atoms with E-state index in [1.54, 1.807) is 0 Å². The lowest BCUT2D eigenvalue weighted by atomic mass is 9.78. The smallest absolute Gasteiger partial charge is 0.154 e. The van der Waals surface area contributed by atoms with Crippen LogP contribution >= 0.6 is 0 Å². The molecule has 0 atom stereocenters. The van der Waals surface area contributed by atoms with Crippen molar-refractivity contribution in [2.24, 2.45) is 11.8 Å². The number of ether oxygens (including phenoxy) is 2. The summed E-state index contributed by atoms with van der Waals surface area (Å²) in [7, 11) is 0. The first-order chi connectivity index (χ1) is 13.1. The fourth-order valence-electron chi connectivity index (χ4n) is 3.49. The van der Waals surface area contributed by atoms with Crippen LogP contribution in [0.4, 0.5) is 0 Å². The van der Waals surface area contributed by atoms with Crippen LogP contribution in [-0.4, -0.2) is 25.8 Å². The predicted octanol–water partition coefficient (Wildman–Crippen LogP) is 6.47. The lowest BCUT2D eigenvalue weighted by Gasteiger charge is -2.27. The highest BCUT2D eigenvalue weighted by atomic mass is 16.7. The van der Waals surface area contributed by atoms with Gasteiger partial charge in [-0.2, -0.15) is 0 Å². The Labute approximate surface area is 167 Å². The van der Waals surface area contributed by atoms with Gasteiger partial charge in [-0.05, 0) is 63.5 Å². The Bertz CT molecular complexity index is 472. The molecule has 0 heterocycles. The first kappa shape index (κ1) is 25.6. The molecule has 1 fully saturated rings. The van der Waals surface area contributed by atoms with Crippen LogP contribution in [0.1, 0.15) is 75.7 Å². The highest BCUT2D eigenvalue weighted by Gasteiger charge is 2.20. The van der Waals surface area contributed by atoms with E-state index >= 15 is 0 Å². The second-order valence-corrected chi connectivity index (χ2v) is 6.84. The average Bonchev–Trinajstić information content (AvgIpc) is 2.71. The normalized spacial score (nSPS) is 18.7. The summed E-state index contributed by atoms with van der Waals surface area (Å²) in [5, 5.41) is 0. The van der Waals surface area contributed by atoms with Gasteiger partial charge >= 0.3 is 0 Å². The molecule has 0 radical (unpaired) electrons. The van der Waals surface area contributed by atoms with Crippen LogP contribution in [0.25, 0.3) is 0 Å². The summed E-state index contributed by atoms with van der Waals surface area (Å²) >= 11 is 0. The first-order valence-corrected chi connectivity index (χ1v) is 10.4. The van der Waals surface area contributed by atoms with Gasteiger partial charge in [0.25, 0.3) is 0 Å². The van der Waals surface area contributed by atoms with Crippen molar-refractivity contribution in [1.29, 1.82) is 0 Å². The third kappa shape index (κ3) is 11.8. The second kappa shape index (κ2) is 16.7. The van der Waals surface area contributed by atoms with E-state index < -0.39 is 0 Å². The van der Waals surface area contributed by atoms with E-state index in [0.717, 1.165) is 43.3 Å². The van der Waals surface area contributed by atoms with Crippen LogP contribution in [-0.2, 0) is 15.9 Å². The SMILES string of the molecule is C=C.CCC1CCC(Cc2cccc(C=O)c2)CC1.CCOC(C)OCC. The fraction of sp³-hybridized carbons (Fsp3) is 0.625. The van der Waals surface area contributed by atoms with Crippen LogP contribution in [0.3, 0.4) is 0 Å². The van der Waals surface area contributed by atoms with Crippen LogP contribution in [0, 0.1) is 11.8 Å². The second-order valence-electron chi connectivity index (χ2n) is 6.84. The largest absolute Gasteiger partial charge is 0.353 e. The van der Waals surface area contributed by atoms with Crippen molar-refractivity contribution in [3.8, 4) is 0 Å². The molecule has 0 unspecified atom stereocenters. The number of carbonyl (C=O) groups excluding carboxylic acids is 1. The Morgan fingerprint density at radius 2 is 1.59 bits per heavy atom. The minimum atomic E-state index is -0.0370. The molecule has 1 aliphatic carbocycles. The lowest BCUT2D eigenvalue weighted by Crippen LogP contribution is -2.15. The van der Waals surface area contributed by atoms with Gasteiger partial charge in [0, 0.05) is 18.8 Å². The molecule has 0 saturated heterocycles. The first-order valence-electron chi connectivity index (χ1n) is 10.4. The summed E-state index contributed by atoms with van der Waals surface area (Å²) in [4.78, 5) is 10.7. The average molecular weight is 377 g/mol. The molecule has 1 aromatic carbocycles. The van der Waals surface area contributed by atoms with Gasteiger partial charge in [-0.3, -0.25) is 4.79 Å². The van der Waals surface area contributed by atoms with E-state index in [1.165, 1.54) is 37.7 Å². The molecule has 0 aliphatic heterocycles. The van der Waals surface area contributed by atoms with Crippen molar-refractivity contribution >= 4 is 6.29 Å².